The van der Waals surface area contributed by atoms with E-state index in [4.69, 9.17) is 4.74 Å². The largest absolute Gasteiger partial charge is 0.497 e. The summed E-state index contributed by atoms with van der Waals surface area (Å²) < 4.78 is 5.25. The first kappa shape index (κ1) is 21.9. The van der Waals surface area contributed by atoms with Crippen LogP contribution < -0.4 is 10.1 Å². The van der Waals surface area contributed by atoms with Crippen LogP contribution in [0.1, 0.15) is 33.1 Å². The van der Waals surface area contributed by atoms with E-state index in [0.717, 1.165) is 56.9 Å². The topological polar surface area (TPSA) is 65.1 Å². The minimum Gasteiger partial charge on any atom is -0.497 e. The van der Waals surface area contributed by atoms with E-state index in [0.29, 0.717) is 24.9 Å². The summed E-state index contributed by atoms with van der Waals surface area (Å²) in [5.74, 6) is 1.61. The molecule has 1 aromatic carbocycles. The molecule has 3 fully saturated rings. The van der Waals surface area contributed by atoms with Crippen molar-refractivity contribution in [2.45, 2.75) is 33.1 Å². The summed E-state index contributed by atoms with van der Waals surface area (Å²) in [5, 5.41) is 3.00. The number of benzene rings is 1. The molecule has 4 rings (SSSR count). The van der Waals surface area contributed by atoms with E-state index in [1.165, 1.54) is 0 Å². The van der Waals surface area contributed by atoms with Gasteiger partial charge in [-0.25, -0.2) is 4.79 Å². The maximum Gasteiger partial charge on any atom is 0.321 e. The monoisotopic (exact) mass is 428 g/mol. The van der Waals surface area contributed by atoms with Crippen molar-refractivity contribution in [1.29, 1.82) is 0 Å². The molecule has 7 heteroatoms. The van der Waals surface area contributed by atoms with Crippen LogP contribution in [0.15, 0.2) is 24.3 Å². The van der Waals surface area contributed by atoms with Crippen LogP contribution in [0.25, 0.3) is 0 Å². The first-order valence-electron chi connectivity index (χ1n) is 11.5. The quantitative estimate of drug-likeness (QED) is 0.800. The number of amides is 3. The van der Waals surface area contributed by atoms with Gasteiger partial charge in [-0.2, -0.15) is 0 Å². The van der Waals surface area contributed by atoms with Crippen LogP contribution >= 0.6 is 0 Å². The third-order valence-electron chi connectivity index (χ3n) is 7.62. The van der Waals surface area contributed by atoms with Crippen LogP contribution in [0.4, 0.5) is 10.5 Å². The Balaban J connectivity index is 1.47. The number of nitrogens with one attached hydrogen (secondary N) is 1. The van der Waals surface area contributed by atoms with Crippen LogP contribution in [0.5, 0.6) is 5.75 Å². The fourth-order valence-corrected chi connectivity index (χ4v) is 6.08. The Morgan fingerprint density at radius 1 is 1.16 bits per heavy atom. The molecule has 1 N–H and O–H groups in total. The predicted molar refractivity (Wildman–Crippen MR) is 121 cm³/mol. The normalized spacial score (nSPS) is 25.8. The standard InChI is InChI=1S/C24H36N4O3/c1-18(2)15-27-16-23(24(17-27)10-11-26(3)21(24)29)8-12-28(13-9-23)22(30)25-19-6-5-7-20(14-19)31-4/h5-7,14,18H,8-13,15-17H2,1-4H3,(H,25,30). The van der Waals surface area contributed by atoms with Gasteiger partial charge in [-0.05, 0) is 37.3 Å². The molecule has 0 aliphatic carbocycles. The molecule has 0 radical (unpaired) electrons. The number of ether oxygens (including phenoxy) is 1. The summed E-state index contributed by atoms with van der Waals surface area (Å²) in [5.41, 5.74) is 0.417. The SMILES string of the molecule is COc1cccc(NC(=O)N2CCC3(CC2)CN(CC(C)C)CC32CCN(C)C2=O)c1. The second kappa shape index (κ2) is 8.34. The number of likely N-dealkylation sites (tertiary alicyclic amines) is 3. The highest BCUT2D eigenvalue weighted by molar-refractivity contribution is 5.90. The summed E-state index contributed by atoms with van der Waals surface area (Å²) in [6, 6.07) is 7.34. The number of anilines is 1. The molecule has 0 saturated carbocycles. The van der Waals surface area contributed by atoms with Crippen LogP contribution in [0.2, 0.25) is 0 Å². The third-order valence-corrected chi connectivity index (χ3v) is 7.62. The molecule has 1 aromatic rings. The molecule has 1 atom stereocenters. The molecule has 0 aromatic heterocycles. The molecule has 7 nitrogen and oxygen atoms in total. The van der Waals surface area contributed by atoms with Crippen molar-refractivity contribution in [2.24, 2.45) is 16.7 Å². The van der Waals surface area contributed by atoms with Gasteiger partial charge in [0.15, 0.2) is 0 Å². The zero-order valence-electron chi connectivity index (χ0n) is 19.3. The van der Waals surface area contributed by atoms with E-state index >= 15 is 0 Å². The highest BCUT2D eigenvalue weighted by Crippen LogP contribution is 2.57. The minimum atomic E-state index is -0.286. The Labute approximate surface area is 185 Å². The Bertz CT molecular complexity index is 834. The zero-order chi connectivity index (χ0) is 22.2. The number of nitrogens with zero attached hydrogens (tertiary/aromatic N) is 3. The molecule has 3 aliphatic heterocycles. The van der Waals surface area contributed by atoms with Crippen molar-refractivity contribution in [1.82, 2.24) is 14.7 Å². The van der Waals surface area contributed by atoms with Gasteiger partial charge in [0, 0.05) is 63.5 Å². The third kappa shape index (κ3) is 3.88. The highest BCUT2D eigenvalue weighted by atomic mass is 16.5. The molecule has 31 heavy (non-hydrogen) atoms. The predicted octanol–water partition coefficient (Wildman–Crippen LogP) is 3.13. The summed E-state index contributed by atoms with van der Waals surface area (Å²) in [4.78, 5) is 32.6. The summed E-state index contributed by atoms with van der Waals surface area (Å²) >= 11 is 0. The molecule has 2 spiro atoms. The maximum atomic E-state index is 13.3. The van der Waals surface area contributed by atoms with Crippen molar-refractivity contribution in [3.05, 3.63) is 24.3 Å². The van der Waals surface area contributed by atoms with E-state index in [1.807, 2.05) is 41.1 Å². The lowest BCUT2D eigenvalue weighted by Crippen LogP contribution is -2.54. The van der Waals surface area contributed by atoms with E-state index in [-0.39, 0.29) is 16.9 Å². The summed E-state index contributed by atoms with van der Waals surface area (Å²) in [6.45, 7) is 9.56. The number of methoxy groups -OCH3 is 1. The van der Waals surface area contributed by atoms with E-state index in [1.54, 1.807) is 7.11 Å². The fourth-order valence-electron chi connectivity index (χ4n) is 6.08. The molecule has 3 saturated heterocycles. The van der Waals surface area contributed by atoms with Gasteiger partial charge >= 0.3 is 6.03 Å². The first-order valence-corrected chi connectivity index (χ1v) is 11.5. The first-order chi connectivity index (χ1) is 14.8. The lowest BCUT2D eigenvalue weighted by atomic mass is 9.60. The second-order valence-electron chi connectivity index (χ2n) is 10.1. The van der Waals surface area contributed by atoms with Crippen molar-refractivity contribution < 1.29 is 14.3 Å². The molecule has 3 amide bonds. The molecule has 1 unspecified atom stereocenters. The van der Waals surface area contributed by atoms with Crippen molar-refractivity contribution >= 4 is 17.6 Å². The number of carbonyl (C=O) groups is 2. The number of hydrogen-bond donors (Lipinski definition) is 1. The zero-order valence-corrected chi connectivity index (χ0v) is 19.3. The average molecular weight is 429 g/mol. The molecule has 0 bridgehead atoms. The Morgan fingerprint density at radius 2 is 1.90 bits per heavy atom. The lowest BCUT2D eigenvalue weighted by molar-refractivity contribution is -0.141. The molecule has 170 valence electrons. The lowest BCUT2D eigenvalue weighted by Gasteiger charge is -2.46. The van der Waals surface area contributed by atoms with Gasteiger partial charge in [-0.1, -0.05) is 19.9 Å². The minimum absolute atomic E-state index is 0.0313. The van der Waals surface area contributed by atoms with Gasteiger partial charge in [0.2, 0.25) is 5.91 Å². The second-order valence-corrected chi connectivity index (χ2v) is 10.1. The van der Waals surface area contributed by atoms with Gasteiger partial charge in [0.25, 0.3) is 0 Å². The van der Waals surface area contributed by atoms with E-state index < -0.39 is 0 Å². The van der Waals surface area contributed by atoms with Crippen molar-refractivity contribution in [2.75, 3.05) is 58.7 Å². The van der Waals surface area contributed by atoms with Crippen LogP contribution in [-0.2, 0) is 4.79 Å². The van der Waals surface area contributed by atoms with Crippen LogP contribution in [0.3, 0.4) is 0 Å². The fraction of sp³-hybridized carbons (Fsp3) is 0.667. The van der Waals surface area contributed by atoms with Gasteiger partial charge in [-0.15, -0.1) is 0 Å². The number of rotatable bonds is 4. The Kier molecular flexibility index (Phi) is 5.90. The molecular weight excluding hydrogens is 392 g/mol. The van der Waals surface area contributed by atoms with E-state index in [2.05, 4.69) is 24.1 Å². The van der Waals surface area contributed by atoms with Crippen LogP contribution in [-0.4, -0.2) is 80.1 Å². The van der Waals surface area contributed by atoms with Gasteiger partial charge < -0.3 is 24.8 Å². The number of hydrogen-bond acceptors (Lipinski definition) is 4. The van der Waals surface area contributed by atoms with Crippen molar-refractivity contribution in [3.63, 3.8) is 0 Å². The summed E-state index contributed by atoms with van der Waals surface area (Å²) in [6.07, 6.45) is 2.70. The Hall–Kier alpha value is -2.28. The molecule has 3 aliphatic rings. The average Bonchev–Trinajstić information content (AvgIpc) is 3.20. The Morgan fingerprint density at radius 3 is 2.52 bits per heavy atom. The number of carbonyl (C=O) groups excluding carboxylic acids is 2. The highest BCUT2D eigenvalue weighted by Gasteiger charge is 2.64. The van der Waals surface area contributed by atoms with Crippen molar-refractivity contribution in [3.8, 4) is 5.75 Å². The smallest absolute Gasteiger partial charge is 0.321 e. The summed E-state index contributed by atoms with van der Waals surface area (Å²) in [7, 11) is 3.55. The van der Waals surface area contributed by atoms with Gasteiger partial charge in [-0.3, -0.25) is 4.79 Å². The number of piperidine rings is 1. The number of urea groups is 1. The van der Waals surface area contributed by atoms with Gasteiger partial charge in [0.05, 0.1) is 12.5 Å². The van der Waals surface area contributed by atoms with E-state index in [9.17, 15) is 9.59 Å². The molecular formula is C24H36N4O3. The van der Waals surface area contributed by atoms with Gasteiger partial charge in [0.1, 0.15) is 5.75 Å². The number of fused-ring (bicyclic) bond motifs is 1. The molecule has 3 heterocycles. The van der Waals surface area contributed by atoms with Crippen LogP contribution in [0, 0.1) is 16.7 Å². The maximum absolute atomic E-state index is 13.3.